The molecule has 0 aliphatic heterocycles. The number of hydrogen-bond acceptors (Lipinski definition) is 6. The summed E-state index contributed by atoms with van der Waals surface area (Å²) in [6, 6.07) is 14.9. The van der Waals surface area contributed by atoms with Crippen LogP contribution < -0.4 is 15.7 Å². The molecule has 1 N–H and O–H groups in total. The maximum Gasteiger partial charge on any atom is 0.408 e. The van der Waals surface area contributed by atoms with Crippen molar-refractivity contribution < 1.29 is 23.5 Å². The molecule has 32 heavy (non-hydrogen) atoms. The zero-order chi connectivity index (χ0) is 23.3. The maximum absolute atomic E-state index is 12.7. The Morgan fingerprint density at radius 3 is 2.44 bits per heavy atom. The SMILES string of the molecule is CCC[C@H](NC(=O)OC(C)(C)C)C(=O)Oc1ccc2c(-c3ccccc3)cc(=O)oc2c1. The van der Waals surface area contributed by atoms with Gasteiger partial charge in [0.05, 0.1) is 0 Å². The molecule has 0 saturated carbocycles. The van der Waals surface area contributed by atoms with Gasteiger partial charge >= 0.3 is 17.7 Å². The molecule has 1 atom stereocenters. The first-order valence-electron chi connectivity index (χ1n) is 10.5. The minimum Gasteiger partial charge on any atom is -0.444 e. The van der Waals surface area contributed by atoms with Crippen LogP contribution in [-0.2, 0) is 9.53 Å². The molecule has 2 aromatic carbocycles. The number of nitrogens with one attached hydrogen (secondary N) is 1. The van der Waals surface area contributed by atoms with Crippen LogP contribution in [0.2, 0.25) is 0 Å². The van der Waals surface area contributed by atoms with Gasteiger partial charge in [-0.15, -0.1) is 0 Å². The van der Waals surface area contributed by atoms with Crippen molar-refractivity contribution >= 4 is 23.0 Å². The summed E-state index contributed by atoms with van der Waals surface area (Å²) in [4.78, 5) is 36.9. The van der Waals surface area contributed by atoms with Gasteiger partial charge in [0.1, 0.15) is 23.0 Å². The van der Waals surface area contributed by atoms with Crippen molar-refractivity contribution in [3.8, 4) is 16.9 Å². The molecule has 0 aliphatic rings. The van der Waals surface area contributed by atoms with E-state index < -0.39 is 29.3 Å². The van der Waals surface area contributed by atoms with Crippen LogP contribution in [-0.4, -0.2) is 23.7 Å². The van der Waals surface area contributed by atoms with E-state index in [4.69, 9.17) is 13.9 Å². The standard InChI is InChI=1S/C25H27NO6/c1-5-9-20(26-24(29)32-25(2,3)4)23(28)30-17-12-13-18-19(16-10-7-6-8-11-16)15-22(27)31-21(18)14-17/h6-8,10-15,20H,5,9H2,1-4H3,(H,26,29)/t20-/m0/s1. The van der Waals surface area contributed by atoms with Gasteiger partial charge in [-0.3, -0.25) is 0 Å². The van der Waals surface area contributed by atoms with Gasteiger partial charge in [-0.05, 0) is 50.5 Å². The normalized spacial score (nSPS) is 12.2. The van der Waals surface area contributed by atoms with Gasteiger partial charge in [-0.2, -0.15) is 0 Å². The molecule has 3 aromatic rings. The van der Waals surface area contributed by atoms with E-state index in [1.54, 1.807) is 32.9 Å². The number of rotatable bonds is 6. The Morgan fingerprint density at radius 1 is 1.06 bits per heavy atom. The average molecular weight is 437 g/mol. The van der Waals surface area contributed by atoms with E-state index in [0.717, 1.165) is 11.1 Å². The van der Waals surface area contributed by atoms with Crippen LogP contribution in [0.3, 0.4) is 0 Å². The first-order chi connectivity index (χ1) is 15.2. The topological polar surface area (TPSA) is 94.8 Å². The summed E-state index contributed by atoms with van der Waals surface area (Å²) in [5, 5.41) is 3.28. The number of benzene rings is 2. The lowest BCUT2D eigenvalue weighted by Crippen LogP contribution is -2.45. The van der Waals surface area contributed by atoms with Gasteiger partial charge in [0.25, 0.3) is 0 Å². The summed E-state index contributed by atoms with van der Waals surface area (Å²) >= 11 is 0. The van der Waals surface area contributed by atoms with Crippen LogP contribution >= 0.6 is 0 Å². The van der Waals surface area contributed by atoms with Crippen LogP contribution in [0.5, 0.6) is 5.75 Å². The van der Waals surface area contributed by atoms with Crippen LogP contribution in [0.25, 0.3) is 22.1 Å². The molecular weight excluding hydrogens is 410 g/mol. The van der Waals surface area contributed by atoms with Gasteiger partial charge in [0.15, 0.2) is 0 Å². The summed E-state index contributed by atoms with van der Waals surface area (Å²) in [6.45, 7) is 7.12. The second-order valence-electron chi connectivity index (χ2n) is 8.41. The van der Waals surface area contributed by atoms with Gasteiger partial charge in [0, 0.05) is 17.5 Å². The van der Waals surface area contributed by atoms with Crippen LogP contribution in [0, 0.1) is 0 Å². The molecular formula is C25H27NO6. The number of carbonyl (C=O) groups excluding carboxylic acids is 2. The monoisotopic (exact) mass is 437 g/mol. The number of carbonyl (C=O) groups is 2. The summed E-state index contributed by atoms with van der Waals surface area (Å²) < 4.78 is 16.1. The largest absolute Gasteiger partial charge is 0.444 e. The fraction of sp³-hybridized carbons (Fsp3) is 0.320. The smallest absolute Gasteiger partial charge is 0.408 e. The highest BCUT2D eigenvalue weighted by Gasteiger charge is 2.25. The zero-order valence-corrected chi connectivity index (χ0v) is 18.6. The second-order valence-corrected chi connectivity index (χ2v) is 8.41. The predicted molar refractivity (Wildman–Crippen MR) is 122 cm³/mol. The van der Waals surface area contributed by atoms with E-state index in [1.807, 2.05) is 37.3 Å². The average Bonchev–Trinajstić information content (AvgIpc) is 2.72. The molecule has 3 rings (SSSR count). The lowest BCUT2D eigenvalue weighted by Gasteiger charge is -2.22. The molecule has 1 aromatic heterocycles. The molecule has 0 saturated heterocycles. The van der Waals surface area contributed by atoms with E-state index in [1.165, 1.54) is 12.1 Å². The minimum atomic E-state index is -0.867. The first-order valence-corrected chi connectivity index (χ1v) is 10.5. The Labute approximate surface area is 186 Å². The Balaban J connectivity index is 1.84. The van der Waals surface area contributed by atoms with E-state index in [2.05, 4.69) is 5.32 Å². The fourth-order valence-corrected chi connectivity index (χ4v) is 3.24. The number of esters is 1. The number of amides is 1. The Morgan fingerprint density at radius 2 is 1.78 bits per heavy atom. The lowest BCUT2D eigenvalue weighted by atomic mass is 10.0. The zero-order valence-electron chi connectivity index (χ0n) is 18.6. The molecule has 0 unspecified atom stereocenters. The molecule has 0 bridgehead atoms. The van der Waals surface area contributed by atoms with Crippen molar-refractivity contribution in [2.75, 3.05) is 0 Å². The fourth-order valence-electron chi connectivity index (χ4n) is 3.24. The highest BCUT2D eigenvalue weighted by Crippen LogP contribution is 2.29. The second kappa shape index (κ2) is 9.68. The minimum absolute atomic E-state index is 0.211. The van der Waals surface area contributed by atoms with Crippen LogP contribution in [0.15, 0.2) is 63.8 Å². The van der Waals surface area contributed by atoms with Gasteiger partial charge in [-0.25, -0.2) is 14.4 Å². The summed E-state index contributed by atoms with van der Waals surface area (Å²) in [7, 11) is 0. The molecule has 1 heterocycles. The van der Waals surface area contributed by atoms with Gasteiger partial charge in [0.2, 0.25) is 0 Å². The Hall–Kier alpha value is -3.61. The molecule has 0 aliphatic carbocycles. The van der Waals surface area contributed by atoms with Crippen molar-refractivity contribution in [1.29, 1.82) is 0 Å². The van der Waals surface area contributed by atoms with E-state index in [-0.39, 0.29) is 5.75 Å². The van der Waals surface area contributed by atoms with Crippen molar-refractivity contribution in [1.82, 2.24) is 5.32 Å². The molecule has 0 radical (unpaired) electrons. The van der Waals surface area contributed by atoms with E-state index in [0.29, 0.717) is 23.8 Å². The number of alkyl carbamates (subject to hydrolysis) is 1. The molecule has 1 amide bonds. The summed E-state index contributed by atoms with van der Waals surface area (Å²) in [5.74, 6) is -0.415. The third-order valence-electron chi connectivity index (χ3n) is 4.57. The Kier molecular flexibility index (Phi) is 6.98. The van der Waals surface area contributed by atoms with Gasteiger partial charge in [-0.1, -0.05) is 43.7 Å². The van der Waals surface area contributed by atoms with E-state index >= 15 is 0 Å². The van der Waals surface area contributed by atoms with Crippen LogP contribution in [0.4, 0.5) is 4.79 Å². The molecule has 7 heteroatoms. The summed E-state index contributed by atoms with van der Waals surface area (Å²) in [5.41, 5.74) is 0.714. The summed E-state index contributed by atoms with van der Waals surface area (Å²) in [6.07, 6.45) is 0.353. The lowest BCUT2D eigenvalue weighted by molar-refractivity contribution is -0.137. The first kappa shape index (κ1) is 23.1. The van der Waals surface area contributed by atoms with Crippen LogP contribution in [0.1, 0.15) is 40.5 Å². The molecule has 7 nitrogen and oxygen atoms in total. The van der Waals surface area contributed by atoms with Crippen molar-refractivity contribution in [3.05, 3.63) is 65.0 Å². The van der Waals surface area contributed by atoms with Crippen molar-refractivity contribution in [2.24, 2.45) is 0 Å². The predicted octanol–water partition coefficient (Wildman–Crippen LogP) is 5.06. The molecule has 0 spiro atoms. The third kappa shape index (κ3) is 5.97. The Bertz CT molecular complexity index is 1160. The number of hydrogen-bond donors (Lipinski definition) is 1. The van der Waals surface area contributed by atoms with E-state index in [9.17, 15) is 14.4 Å². The number of fused-ring (bicyclic) bond motifs is 1. The quantitative estimate of drug-likeness (QED) is 0.329. The van der Waals surface area contributed by atoms with Crippen molar-refractivity contribution in [3.63, 3.8) is 0 Å². The third-order valence-corrected chi connectivity index (χ3v) is 4.57. The van der Waals surface area contributed by atoms with Gasteiger partial charge < -0.3 is 19.2 Å². The molecule has 0 fully saturated rings. The maximum atomic E-state index is 12.7. The highest BCUT2D eigenvalue weighted by molar-refractivity contribution is 5.94. The molecule has 168 valence electrons. The highest BCUT2D eigenvalue weighted by atomic mass is 16.6. The van der Waals surface area contributed by atoms with Crippen molar-refractivity contribution in [2.45, 2.75) is 52.2 Å². The number of ether oxygens (including phenoxy) is 2.